The standard InChI is InChI=1S/C39H56F2O6Si/c1-8-9-21-48(6,7)32-15-13-28(14-16-32)33-17-18-34(36(41)35(33)40)29-22-30(24-46-38(43)26(2)3)37(45-20-12-10-11-19-42)31(23-29)25-47-39(44)27(4)5/h17-18,22-23,27-28,32,42H,2,8-16,19-21,24-25H2,1,3-7H3. The minimum atomic E-state index is -1.36. The van der Waals surface area contributed by atoms with Crippen LogP contribution >= 0.6 is 0 Å². The van der Waals surface area contributed by atoms with Gasteiger partial charge in [0.05, 0.1) is 20.6 Å². The van der Waals surface area contributed by atoms with E-state index in [9.17, 15) is 9.59 Å². The van der Waals surface area contributed by atoms with E-state index in [4.69, 9.17) is 19.3 Å². The van der Waals surface area contributed by atoms with E-state index in [1.807, 2.05) is 0 Å². The van der Waals surface area contributed by atoms with Gasteiger partial charge in [-0.05, 0) is 73.7 Å². The summed E-state index contributed by atoms with van der Waals surface area (Å²) in [5, 5.41) is 9.14. The van der Waals surface area contributed by atoms with E-state index in [1.54, 1.807) is 38.1 Å². The van der Waals surface area contributed by atoms with Gasteiger partial charge in [0.25, 0.3) is 0 Å². The summed E-state index contributed by atoms with van der Waals surface area (Å²) in [6.07, 6.45) is 8.32. The molecule has 0 heterocycles. The third-order valence-corrected chi connectivity index (χ3v) is 14.1. The van der Waals surface area contributed by atoms with Gasteiger partial charge in [-0.1, -0.05) is 84.3 Å². The van der Waals surface area contributed by atoms with E-state index < -0.39 is 31.6 Å². The Morgan fingerprint density at radius 2 is 1.60 bits per heavy atom. The van der Waals surface area contributed by atoms with Gasteiger partial charge < -0.3 is 19.3 Å². The zero-order valence-electron chi connectivity index (χ0n) is 29.9. The molecule has 2 aromatic rings. The van der Waals surface area contributed by atoms with Gasteiger partial charge >= 0.3 is 11.9 Å². The van der Waals surface area contributed by atoms with Gasteiger partial charge in [-0.2, -0.15) is 0 Å². The van der Waals surface area contributed by atoms with E-state index in [1.165, 1.54) is 25.8 Å². The van der Waals surface area contributed by atoms with Crippen LogP contribution in [0.5, 0.6) is 5.75 Å². The minimum absolute atomic E-state index is 0.0227. The van der Waals surface area contributed by atoms with Crippen LogP contribution in [0.1, 0.15) is 108 Å². The minimum Gasteiger partial charge on any atom is -0.493 e. The van der Waals surface area contributed by atoms with Gasteiger partial charge in [0.15, 0.2) is 11.6 Å². The molecule has 2 aromatic carbocycles. The number of benzene rings is 2. The SMILES string of the molecule is C=C(C)C(=O)OCc1cc(-c2ccc(C3CCC([Si](C)(C)CCCC)CC3)c(F)c2F)cc(COC(=O)C(C)C)c1OCCCCCO. The maximum absolute atomic E-state index is 16.0. The molecule has 0 spiro atoms. The summed E-state index contributed by atoms with van der Waals surface area (Å²) in [4.78, 5) is 24.8. The number of aliphatic hydroxyl groups is 1. The Labute approximate surface area is 287 Å². The fraction of sp³-hybridized carbons (Fsp3) is 0.590. The molecule has 6 nitrogen and oxygen atoms in total. The van der Waals surface area contributed by atoms with Crippen molar-refractivity contribution in [2.24, 2.45) is 5.92 Å². The van der Waals surface area contributed by atoms with Gasteiger partial charge in [-0.3, -0.25) is 4.79 Å². The Morgan fingerprint density at radius 1 is 0.958 bits per heavy atom. The largest absolute Gasteiger partial charge is 0.493 e. The highest BCUT2D eigenvalue weighted by atomic mass is 28.3. The van der Waals surface area contributed by atoms with Gasteiger partial charge in [-0.15, -0.1) is 0 Å². The highest BCUT2D eigenvalue weighted by Gasteiger charge is 2.35. The Morgan fingerprint density at radius 3 is 2.19 bits per heavy atom. The van der Waals surface area contributed by atoms with Crippen molar-refractivity contribution in [2.75, 3.05) is 13.2 Å². The van der Waals surface area contributed by atoms with Crippen molar-refractivity contribution in [3.63, 3.8) is 0 Å². The number of esters is 2. The molecule has 0 radical (unpaired) electrons. The summed E-state index contributed by atoms with van der Waals surface area (Å²) in [5.74, 6) is -2.82. The lowest BCUT2D eigenvalue weighted by Gasteiger charge is -2.38. The number of hydrogen-bond acceptors (Lipinski definition) is 6. The lowest BCUT2D eigenvalue weighted by atomic mass is 9.82. The first kappa shape index (κ1) is 39.4. The maximum Gasteiger partial charge on any atom is 0.333 e. The van der Waals surface area contributed by atoms with Crippen LogP contribution in [0, 0.1) is 17.6 Å². The summed E-state index contributed by atoms with van der Waals surface area (Å²) < 4.78 is 49.1. The van der Waals surface area contributed by atoms with Crippen LogP contribution in [0.4, 0.5) is 8.78 Å². The number of ether oxygens (including phenoxy) is 3. The molecule has 1 aliphatic rings. The van der Waals surface area contributed by atoms with Crippen molar-refractivity contribution in [2.45, 2.75) is 129 Å². The van der Waals surface area contributed by atoms with E-state index >= 15 is 8.78 Å². The fourth-order valence-electron chi connectivity index (χ4n) is 6.58. The van der Waals surface area contributed by atoms with Gasteiger partial charge in [0, 0.05) is 28.9 Å². The van der Waals surface area contributed by atoms with Crippen LogP contribution in [-0.2, 0) is 32.3 Å². The van der Waals surface area contributed by atoms with Crippen LogP contribution in [0.2, 0.25) is 24.7 Å². The van der Waals surface area contributed by atoms with Gasteiger partial charge in [0.1, 0.15) is 19.0 Å². The number of aliphatic hydroxyl groups excluding tert-OH is 1. The lowest BCUT2D eigenvalue weighted by molar-refractivity contribution is -0.148. The Kier molecular flexibility index (Phi) is 15.3. The summed E-state index contributed by atoms with van der Waals surface area (Å²) in [5.41, 5.74) is 2.65. The number of unbranched alkanes of at least 4 members (excludes halogenated alkanes) is 3. The van der Waals surface area contributed by atoms with Crippen LogP contribution in [0.15, 0.2) is 36.4 Å². The summed E-state index contributed by atoms with van der Waals surface area (Å²) >= 11 is 0. The molecule has 48 heavy (non-hydrogen) atoms. The third kappa shape index (κ3) is 10.7. The first-order valence-corrected chi connectivity index (χ1v) is 21.0. The second-order valence-corrected chi connectivity index (χ2v) is 19.6. The molecule has 0 amide bonds. The monoisotopic (exact) mass is 686 g/mol. The molecule has 1 N–H and O–H groups in total. The quantitative estimate of drug-likeness (QED) is 0.0728. The van der Waals surface area contributed by atoms with Crippen LogP contribution in [0.3, 0.4) is 0 Å². The van der Waals surface area contributed by atoms with Gasteiger partial charge in [-0.25, -0.2) is 13.6 Å². The van der Waals surface area contributed by atoms with Crippen molar-refractivity contribution in [1.29, 1.82) is 0 Å². The first-order chi connectivity index (χ1) is 22.8. The predicted octanol–water partition coefficient (Wildman–Crippen LogP) is 10.0. The van der Waals surface area contributed by atoms with E-state index in [-0.39, 0.29) is 42.8 Å². The molecule has 9 heteroatoms. The molecule has 1 saturated carbocycles. The van der Waals surface area contributed by atoms with Crippen molar-refractivity contribution in [1.82, 2.24) is 0 Å². The fourth-order valence-corrected chi connectivity index (χ4v) is 10.2. The maximum atomic E-state index is 16.0. The highest BCUT2D eigenvalue weighted by molar-refractivity contribution is 6.78. The number of carbonyl (C=O) groups is 2. The molecule has 1 fully saturated rings. The molecule has 0 unspecified atom stereocenters. The molecular weight excluding hydrogens is 631 g/mol. The first-order valence-electron chi connectivity index (χ1n) is 17.7. The lowest BCUT2D eigenvalue weighted by Crippen LogP contribution is -2.34. The van der Waals surface area contributed by atoms with E-state index in [0.29, 0.717) is 53.0 Å². The average Bonchev–Trinajstić information content (AvgIpc) is 3.06. The number of carbonyl (C=O) groups excluding carboxylic acids is 2. The zero-order valence-corrected chi connectivity index (χ0v) is 30.9. The summed E-state index contributed by atoms with van der Waals surface area (Å²) in [7, 11) is -1.36. The van der Waals surface area contributed by atoms with Crippen molar-refractivity contribution in [3.05, 3.63) is 64.7 Å². The Hall–Kier alpha value is -3.04. The number of halogens is 2. The Bertz CT molecular complexity index is 1400. The molecule has 3 rings (SSSR count). The third-order valence-electron chi connectivity index (χ3n) is 9.71. The van der Waals surface area contributed by atoms with E-state index in [0.717, 1.165) is 32.1 Å². The predicted molar refractivity (Wildman–Crippen MR) is 190 cm³/mol. The van der Waals surface area contributed by atoms with Crippen LogP contribution in [-0.4, -0.2) is 38.3 Å². The topological polar surface area (TPSA) is 82.1 Å². The molecular formula is C39H56F2O6Si. The second kappa shape index (κ2) is 18.6. The normalized spacial score (nSPS) is 16.5. The molecule has 266 valence electrons. The second-order valence-electron chi connectivity index (χ2n) is 14.3. The van der Waals surface area contributed by atoms with Crippen LogP contribution in [0.25, 0.3) is 11.1 Å². The van der Waals surface area contributed by atoms with E-state index in [2.05, 4.69) is 26.6 Å². The zero-order chi connectivity index (χ0) is 35.4. The summed E-state index contributed by atoms with van der Waals surface area (Å²) in [6.45, 7) is 15.8. The van der Waals surface area contributed by atoms with Crippen molar-refractivity contribution >= 4 is 20.0 Å². The van der Waals surface area contributed by atoms with Gasteiger partial charge in [0.2, 0.25) is 0 Å². The highest BCUT2D eigenvalue weighted by Crippen LogP contribution is 2.46. The molecule has 0 aromatic heterocycles. The van der Waals surface area contributed by atoms with Crippen LogP contribution < -0.4 is 4.74 Å². The number of rotatable bonds is 18. The average molecular weight is 687 g/mol. The van der Waals surface area contributed by atoms with Crippen molar-refractivity contribution < 1.29 is 37.7 Å². The molecule has 0 atom stereocenters. The molecule has 1 aliphatic carbocycles. The molecule has 0 aliphatic heterocycles. The molecule has 0 bridgehead atoms. The summed E-state index contributed by atoms with van der Waals surface area (Å²) in [6, 6.07) is 7.93. The van der Waals surface area contributed by atoms with Crippen molar-refractivity contribution in [3.8, 4) is 16.9 Å². The smallest absolute Gasteiger partial charge is 0.333 e. The number of hydrogen-bond donors (Lipinski definition) is 1. The Balaban J connectivity index is 1.98. The molecule has 0 saturated heterocycles.